The summed E-state index contributed by atoms with van der Waals surface area (Å²) in [6.45, 7) is 3.26. The molecular formula is C15H22F3N3. The third-order valence-electron chi connectivity index (χ3n) is 3.89. The minimum Gasteiger partial charge on any atom is -0.369 e. The Morgan fingerprint density at radius 2 is 1.76 bits per heavy atom. The zero-order valence-electron chi connectivity index (χ0n) is 12.2. The Morgan fingerprint density at radius 3 is 2.33 bits per heavy atom. The molecule has 21 heavy (non-hydrogen) atoms. The van der Waals surface area contributed by atoms with Gasteiger partial charge in [-0.3, -0.25) is 4.90 Å². The van der Waals surface area contributed by atoms with Gasteiger partial charge in [0.15, 0.2) is 0 Å². The number of para-hydroxylation sites is 1. The monoisotopic (exact) mass is 301 g/mol. The molecule has 0 spiro atoms. The van der Waals surface area contributed by atoms with Crippen molar-refractivity contribution in [2.45, 2.75) is 25.6 Å². The van der Waals surface area contributed by atoms with Gasteiger partial charge >= 0.3 is 6.18 Å². The van der Waals surface area contributed by atoms with Crippen LogP contribution >= 0.6 is 0 Å². The fourth-order valence-corrected chi connectivity index (χ4v) is 2.71. The number of nitrogens with two attached hydrogens (primary N) is 1. The molecule has 0 unspecified atom stereocenters. The van der Waals surface area contributed by atoms with Gasteiger partial charge in [-0.2, -0.15) is 13.2 Å². The van der Waals surface area contributed by atoms with E-state index in [9.17, 15) is 13.2 Å². The van der Waals surface area contributed by atoms with E-state index in [1.807, 2.05) is 31.2 Å². The van der Waals surface area contributed by atoms with Crippen molar-refractivity contribution in [3.63, 3.8) is 0 Å². The largest absolute Gasteiger partial charge is 0.401 e. The molecule has 6 heteroatoms. The second kappa shape index (κ2) is 6.66. The van der Waals surface area contributed by atoms with Gasteiger partial charge in [-0.05, 0) is 18.1 Å². The minimum atomic E-state index is -4.12. The summed E-state index contributed by atoms with van der Waals surface area (Å²) in [5, 5.41) is 0. The van der Waals surface area contributed by atoms with Gasteiger partial charge in [0.05, 0.1) is 6.54 Å². The van der Waals surface area contributed by atoms with Gasteiger partial charge in [-0.1, -0.05) is 25.1 Å². The van der Waals surface area contributed by atoms with Crippen LogP contribution in [0.5, 0.6) is 0 Å². The van der Waals surface area contributed by atoms with E-state index in [-0.39, 0.29) is 6.04 Å². The fraction of sp³-hybridized carbons (Fsp3) is 0.600. The molecule has 0 aliphatic carbocycles. The molecule has 1 atom stereocenters. The first kappa shape index (κ1) is 16.1. The number of hydrogen-bond donors (Lipinski definition) is 1. The fourth-order valence-electron chi connectivity index (χ4n) is 2.71. The van der Waals surface area contributed by atoms with Crippen LogP contribution < -0.4 is 10.6 Å². The van der Waals surface area contributed by atoms with E-state index in [0.29, 0.717) is 26.2 Å². The SMILES string of the molecule is CC[C@@H](N)c1ccccc1N1CCN(CC(F)(F)F)CC1. The number of alkyl halides is 3. The molecule has 0 amide bonds. The quantitative estimate of drug-likeness (QED) is 0.928. The molecule has 1 heterocycles. The van der Waals surface area contributed by atoms with E-state index in [0.717, 1.165) is 17.7 Å². The molecule has 3 nitrogen and oxygen atoms in total. The van der Waals surface area contributed by atoms with Crippen LogP contribution in [0.4, 0.5) is 18.9 Å². The maximum Gasteiger partial charge on any atom is 0.401 e. The summed E-state index contributed by atoms with van der Waals surface area (Å²) in [6, 6.07) is 7.88. The van der Waals surface area contributed by atoms with Crippen LogP contribution in [0, 0.1) is 0 Å². The molecule has 0 bridgehead atoms. The third kappa shape index (κ3) is 4.35. The van der Waals surface area contributed by atoms with Gasteiger partial charge in [0, 0.05) is 37.9 Å². The Balaban J connectivity index is 2.03. The van der Waals surface area contributed by atoms with Crippen LogP contribution in [-0.4, -0.2) is 43.8 Å². The number of hydrogen-bond acceptors (Lipinski definition) is 3. The van der Waals surface area contributed by atoms with E-state index in [1.54, 1.807) is 0 Å². The first-order chi connectivity index (χ1) is 9.90. The maximum absolute atomic E-state index is 12.4. The molecule has 2 rings (SSSR count). The highest BCUT2D eigenvalue weighted by Gasteiger charge is 2.32. The van der Waals surface area contributed by atoms with Crippen molar-refractivity contribution >= 4 is 5.69 Å². The lowest BCUT2D eigenvalue weighted by Gasteiger charge is -2.37. The smallest absolute Gasteiger partial charge is 0.369 e. The van der Waals surface area contributed by atoms with Crippen molar-refractivity contribution in [3.05, 3.63) is 29.8 Å². The van der Waals surface area contributed by atoms with Crippen LogP contribution in [0.3, 0.4) is 0 Å². The van der Waals surface area contributed by atoms with Crippen molar-refractivity contribution in [3.8, 4) is 0 Å². The van der Waals surface area contributed by atoms with Crippen molar-refractivity contribution in [2.24, 2.45) is 5.73 Å². The second-order valence-corrected chi connectivity index (χ2v) is 5.45. The van der Waals surface area contributed by atoms with E-state index in [1.165, 1.54) is 4.90 Å². The summed E-state index contributed by atoms with van der Waals surface area (Å²) in [5.74, 6) is 0. The number of anilines is 1. The van der Waals surface area contributed by atoms with E-state index in [2.05, 4.69) is 4.90 Å². The highest BCUT2D eigenvalue weighted by atomic mass is 19.4. The molecule has 0 aromatic heterocycles. The standard InChI is InChI=1S/C15H22F3N3/c1-2-13(19)12-5-3-4-6-14(12)21-9-7-20(8-10-21)11-15(16,17)18/h3-6,13H,2,7-11,19H2,1H3/t13-/m1/s1. The average molecular weight is 301 g/mol. The molecule has 0 saturated carbocycles. The second-order valence-electron chi connectivity index (χ2n) is 5.45. The minimum absolute atomic E-state index is 0.0330. The van der Waals surface area contributed by atoms with E-state index >= 15 is 0 Å². The number of halogens is 3. The van der Waals surface area contributed by atoms with Crippen LogP contribution in [0.2, 0.25) is 0 Å². The first-order valence-corrected chi connectivity index (χ1v) is 7.29. The molecule has 118 valence electrons. The summed E-state index contributed by atoms with van der Waals surface area (Å²) in [7, 11) is 0. The van der Waals surface area contributed by atoms with Crippen LogP contribution in [0.25, 0.3) is 0 Å². The zero-order valence-corrected chi connectivity index (χ0v) is 12.2. The van der Waals surface area contributed by atoms with E-state index in [4.69, 9.17) is 5.73 Å². The molecule has 1 aliphatic rings. The normalized spacial score (nSPS) is 18.8. The summed E-state index contributed by atoms with van der Waals surface area (Å²) >= 11 is 0. The van der Waals surface area contributed by atoms with Gasteiger partial charge in [0.1, 0.15) is 0 Å². The van der Waals surface area contributed by atoms with Gasteiger partial charge in [-0.15, -0.1) is 0 Å². The third-order valence-corrected chi connectivity index (χ3v) is 3.89. The molecule has 0 radical (unpaired) electrons. The van der Waals surface area contributed by atoms with Crippen LogP contribution in [0.1, 0.15) is 24.9 Å². The Bertz CT molecular complexity index is 454. The summed E-state index contributed by atoms with van der Waals surface area (Å²) in [4.78, 5) is 3.59. The lowest BCUT2D eigenvalue weighted by molar-refractivity contribution is -0.146. The topological polar surface area (TPSA) is 32.5 Å². The van der Waals surface area contributed by atoms with Crippen molar-refractivity contribution in [1.29, 1.82) is 0 Å². The van der Waals surface area contributed by atoms with Crippen molar-refractivity contribution < 1.29 is 13.2 Å². The van der Waals surface area contributed by atoms with Crippen LogP contribution in [0.15, 0.2) is 24.3 Å². The van der Waals surface area contributed by atoms with Gasteiger partial charge in [0.25, 0.3) is 0 Å². The Morgan fingerprint density at radius 1 is 1.14 bits per heavy atom. The van der Waals surface area contributed by atoms with Crippen molar-refractivity contribution in [2.75, 3.05) is 37.6 Å². The predicted octanol–water partition coefficient (Wildman–Crippen LogP) is 2.78. The molecule has 1 aromatic carbocycles. The van der Waals surface area contributed by atoms with Crippen LogP contribution in [-0.2, 0) is 0 Å². The number of nitrogens with zero attached hydrogens (tertiary/aromatic N) is 2. The molecule has 2 N–H and O–H groups in total. The average Bonchev–Trinajstić information content (AvgIpc) is 2.45. The summed E-state index contributed by atoms with van der Waals surface area (Å²) in [6.07, 6.45) is -3.28. The number of rotatable bonds is 4. The number of piperazine rings is 1. The van der Waals surface area contributed by atoms with Gasteiger partial charge in [0.2, 0.25) is 0 Å². The highest BCUT2D eigenvalue weighted by Crippen LogP contribution is 2.28. The number of benzene rings is 1. The molecular weight excluding hydrogens is 279 g/mol. The zero-order chi connectivity index (χ0) is 15.5. The maximum atomic E-state index is 12.4. The highest BCUT2D eigenvalue weighted by molar-refractivity contribution is 5.55. The summed E-state index contributed by atoms with van der Waals surface area (Å²) in [5.41, 5.74) is 8.25. The molecule has 1 aromatic rings. The van der Waals surface area contributed by atoms with Gasteiger partial charge < -0.3 is 10.6 Å². The molecule has 1 fully saturated rings. The Labute approximate surface area is 123 Å². The van der Waals surface area contributed by atoms with Gasteiger partial charge in [-0.25, -0.2) is 0 Å². The summed E-state index contributed by atoms with van der Waals surface area (Å²) < 4.78 is 37.2. The van der Waals surface area contributed by atoms with Crippen molar-refractivity contribution in [1.82, 2.24) is 4.90 Å². The molecule has 1 aliphatic heterocycles. The first-order valence-electron chi connectivity index (χ1n) is 7.29. The Kier molecular flexibility index (Phi) is 5.11. The van der Waals surface area contributed by atoms with E-state index < -0.39 is 12.7 Å². The molecule has 1 saturated heterocycles. The Hall–Kier alpha value is -1.27. The lowest BCUT2D eigenvalue weighted by atomic mass is 10.0. The lowest BCUT2D eigenvalue weighted by Crippen LogP contribution is -2.49. The predicted molar refractivity (Wildman–Crippen MR) is 78.4 cm³/mol.